The van der Waals surface area contributed by atoms with Crippen molar-refractivity contribution in [3.8, 4) is 10.7 Å². The Balaban J connectivity index is 1.38. The van der Waals surface area contributed by atoms with Crippen molar-refractivity contribution in [1.82, 2.24) is 24.4 Å². The van der Waals surface area contributed by atoms with Gasteiger partial charge in [0.15, 0.2) is 5.82 Å². The van der Waals surface area contributed by atoms with Gasteiger partial charge in [-0.2, -0.15) is 0 Å². The summed E-state index contributed by atoms with van der Waals surface area (Å²) in [4.78, 5) is 18.0. The molecule has 0 bridgehead atoms. The van der Waals surface area contributed by atoms with Crippen LogP contribution in [0.25, 0.3) is 21.7 Å². The molecule has 142 valence electrons. The second-order valence-electron chi connectivity index (χ2n) is 7.27. The minimum absolute atomic E-state index is 0.854. The van der Waals surface area contributed by atoms with Crippen molar-refractivity contribution in [3.63, 3.8) is 0 Å². The number of rotatable bonds is 5. The summed E-state index contributed by atoms with van der Waals surface area (Å²) < 4.78 is 2.38. The molecule has 0 amide bonds. The van der Waals surface area contributed by atoms with Gasteiger partial charge >= 0.3 is 0 Å². The lowest BCUT2D eigenvalue weighted by molar-refractivity contribution is 0.234. The SMILES string of the molecule is CCCn1c(CN2CCc3nc(-c4cccs4)ncc3C2)nc2ccccc21. The summed E-state index contributed by atoms with van der Waals surface area (Å²) in [5, 5.41) is 2.07. The molecule has 0 unspecified atom stereocenters. The maximum Gasteiger partial charge on any atom is 0.169 e. The molecule has 3 aromatic heterocycles. The highest BCUT2D eigenvalue weighted by Gasteiger charge is 2.21. The highest BCUT2D eigenvalue weighted by Crippen LogP contribution is 2.25. The summed E-state index contributed by atoms with van der Waals surface area (Å²) in [7, 11) is 0. The van der Waals surface area contributed by atoms with Crippen LogP contribution in [0.15, 0.2) is 48.0 Å². The van der Waals surface area contributed by atoms with Gasteiger partial charge < -0.3 is 4.57 Å². The van der Waals surface area contributed by atoms with Gasteiger partial charge in [0.2, 0.25) is 0 Å². The molecule has 1 aromatic carbocycles. The number of thiophene rings is 1. The Bertz CT molecular complexity index is 1100. The van der Waals surface area contributed by atoms with E-state index in [1.807, 2.05) is 12.3 Å². The van der Waals surface area contributed by atoms with Crippen molar-refractivity contribution < 1.29 is 0 Å². The Morgan fingerprint density at radius 2 is 2.04 bits per heavy atom. The van der Waals surface area contributed by atoms with E-state index in [4.69, 9.17) is 9.97 Å². The number of benzene rings is 1. The lowest BCUT2D eigenvalue weighted by Gasteiger charge is -2.27. The zero-order valence-electron chi connectivity index (χ0n) is 16.0. The smallest absolute Gasteiger partial charge is 0.169 e. The third kappa shape index (κ3) is 3.23. The number of aromatic nitrogens is 4. The Morgan fingerprint density at radius 3 is 2.89 bits per heavy atom. The molecule has 1 aliphatic rings. The van der Waals surface area contributed by atoms with E-state index in [1.165, 1.54) is 16.8 Å². The summed E-state index contributed by atoms with van der Waals surface area (Å²) in [5.74, 6) is 2.01. The van der Waals surface area contributed by atoms with Gasteiger partial charge in [0, 0.05) is 37.8 Å². The number of imidazole rings is 1. The van der Waals surface area contributed by atoms with E-state index in [2.05, 4.69) is 57.1 Å². The van der Waals surface area contributed by atoms with Crippen molar-refractivity contribution in [1.29, 1.82) is 0 Å². The number of fused-ring (bicyclic) bond motifs is 2. The van der Waals surface area contributed by atoms with Crippen molar-refractivity contribution in [2.45, 2.75) is 39.4 Å². The van der Waals surface area contributed by atoms with E-state index in [1.54, 1.807) is 11.3 Å². The number of para-hydroxylation sites is 2. The molecular formula is C22H23N5S. The van der Waals surface area contributed by atoms with Crippen LogP contribution in [0.1, 0.15) is 30.4 Å². The Labute approximate surface area is 168 Å². The highest BCUT2D eigenvalue weighted by atomic mass is 32.1. The Kier molecular flexibility index (Phi) is 4.66. The van der Waals surface area contributed by atoms with E-state index in [0.717, 1.165) is 61.1 Å². The van der Waals surface area contributed by atoms with Gasteiger partial charge in [0.1, 0.15) is 5.82 Å². The minimum atomic E-state index is 0.854. The molecule has 0 saturated carbocycles. The van der Waals surface area contributed by atoms with E-state index >= 15 is 0 Å². The molecule has 0 atom stereocenters. The number of nitrogens with zero attached hydrogens (tertiary/aromatic N) is 5. The van der Waals surface area contributed by atoms with Crippen LogP contribution in [0.2, 0.25) is 0 Å². The molecule has 4 heterocycles. The third-order valence-electron chi connectivity index (χ3n) is 5.30. The van der Waals surface area contributed by atoms with Crippen LogP contribution in [0.3, 0.4) is 0 Å². The number of hydrogen-bond donors (Lipinski definition) is 0. The van der Waals surface area contributed by atoms with Crippen molar-refractivity contribution in [3.05, 3.63) is 65.1 Å². The first-order valence-electron chi connectivity index (χ1n) is 9.87. The maximum atomic E-state index is 4.92. The molecule has 0 aliphatic carbocycles. The highest BCUT2D eigenvalue weighted by molar-refractivity contribution is 7.13. The van der Waals surface area contributed by atoms with E-state index in [9.17, 15) is 0 Å². The second kappa shape index (κ2) is 7.45. The second-order valence-corrected chi connectivity index (χ2v) is 8.22. The quantitative estimate of drug-likeness (QED) is 0.503. The zero-order valence-corrected chi connectivity index (χ0v) is 16.8. The summed E-state index contributed by atoms with van der Waals surface area (Å²) in [5.41, 5.74) is 4.76. The molecule has 0 saturated heterocycles. The van der Waals surface area contributed by atoms with Gasteiger partial charge in [0.05, 0.1) is 28.1 Å². The fourth-order valence-corrected chi connectivity index (χ4v) is 4.62. The largest absolute Gasteiger partial charge is 0.327 e. The fourth-order valence-electron chi connectivity index (χ4n) is 3.95. The monoisotopic (exact) mass is 389 g/mol. The van der Waals surface area contributed by atoms with Gasteiger partial charge in [-0.1, -0.05) is 25.1 Å². The number of hydrogen-bond acceptors (Lipinski definition) is 5. The van der Waals surface area contributed by atoms with Crippen LogP contribution < -0.4 is 0 Å². The lowest BCUT2D eigenvalue weighted by Crippen LogP contribution is -2.32. The summed E-state index contributed by atoms with van der Waals surface area (Å²) in [6.45, 7) is 5.98. The van der Waals surface area contributed by atoms with Crippen LogP contribution in [0.5, 0.6) is 0 Å². The van der Waals surface area contributed by atoms with Gasteiger partial charge in [-0.25, -0.2) is 15.0 Å². The first-order valence-corrected chi connectivity index (χ1v) is 10.7. The Morgan fingerprint density at radius 1 is 1.11 bits per heavy atom. The standard InChI is InChI=1S/C22H23N5S/c1-2-10-27-19-7-4-3-6-18(19)24-21(27)15-26-11-9-17-16(14-26)13-23-22(25-17)20-8-5-12-28-20/h3-8,12-13H,2,9-11,14-15H2,1H3. The van der Waals surface area contributed by atoms with Gasteiger partial charge in [0.25, 0.3) is 0 Å². The maximum absolute atomic E-state index is 4.92. The van der Waals surface area contributed by atoms with Crippen LogP contribution in [-0.2, 0) is 26.1 Å². The van der Waals surface area contributed by atoms with E-state index in [0.29, 0.717) is 0 Å². The van der Waals surface area contributed by atoms with Crippen LogP contribution in [0.4, 0.5) is 0 Å². The average Bonchev–Trinajstić information content (AvgIpc) is 3.37. The molecule has 5 rings (SSSR count). The van der Waals surface area contributed by atoms with Crippen molar-refractivity contribution in [2.24, 2.45) is 0 Å². The van der Waals surface area contributed by atoms with Crippen LogP contribution >= 0.6 is 11.3 Å². The number of aryl methyl sites for hydroxylation is 1. The molecule has 5 nitrogen and oxygen atoms in total. The zero-order chi connectivity index (χ0) is 18.9. The summed E-state index contributed by atoms with van der Waals surface area (Å²) >= 11 is 1.69. The predicted octanol–water partition coefficient (Wildman–Crippen LogP) is 4.52. The Hall–Kier alpha value is -2.57. The first kappa shape index (κ1) is 17.5. The van der Waals surface area contributed by atoms with Crippen LogP contribution in [-0.4, -0.2) is 31.0 Å². The first-order chi connectivity index (χ1) is 13.8. The topological polar surface area (TPSA) is 46.8 Å². The van der Waals surface area contributed by atoms with Crippen molar-refractivity contribution >= 4 is 22.4 Å². The third-order valence-corrected chi connectivity index (χ3v) is 6.17. The molecule has 0 fully saturated rings. The normalized spacial score (nSPS) is 14.5. The molecule has 0 N–H and O–H groups in total. The van der Waals surface area contributed by atoms with Crippen LogP contribution in [0, 0.1) is 0 Å². The van der Waals surface area contributed by atoms with Gasteiger partial charge in [-0.15, -0.1) is 11.3 Å². The molecule has 28 heavy (non-hydrogen) atoms. The predicted molar refractivity (Wildman–Crippen MR) is 113 cm³/mol. The minimum Gasteiger partial charge on any atom is -0.327 e. The fraction of sp³-hybridized carbons (Fsp3) is 0.318. The van der Waals surface area contributed by atoms with Gasteiger partial charge in [-0.3, -0.25) is 4.90 Å². The van der Waals surface area contributed by atoms with Crippen molar-refractivity contribution in [2.75, 3.05) is 6.54 Å². The molecule has 6 heteroatoms. The summed E-state index contributed by atoms with van der Waals surface area (Å²) in [6.07, 6.45) is 4.08. The van der Waals surface area contributed by atoms with E-state index in [-0.39, 0.29) is 0 Å². The van der Waals surface area contributed by atoms with E-state index < -0.39 is 0 Å². The molecule has 1 aliphatic heterocycles. The average molecular weight is 390 g/mol. The molecule has 0 spiro atoms. The molecule has 4 aromatic rings. The lowest BCUT2D eigenvalue weighted by atomic mass is 10.1. The molecular weight excluding hydrogens is 366 g/mol. The van der Waals surface area contributed by atoms with Gasteiger partial charge in [-0.05, 0) is 30.0 Å². The summed E-state index contributed by atoms with van der Waals surface area (Å²) in [6, 6.07) is 12.6. The molecule has 0 radical (unpaired) electrons.